The summed E-state index contributed by atoms with van der Waals surface area (Å²) in [5, 5.41) is 10.2. The van der Waals surface area contributed by atoms with Crippen LogP contribution in [0, 0.1) is 11.3 Å². The third kappa shape index (κ3) is 6.45. The van der Waals surface area contributed by atoms with E-state index in [0.29, 0.717) is 12.5 Å². The Morgan fingerprint density at radius 1 is 1.25 bits per heavy atom. The Hall–Kier alpha value is -1.06. The van der Waals surface area contributed by atoms with Gasteiger partial charge in [-0.2, -0.15) is 0 Å². The zero-order valence-corrected chi connectivity index (χ0v) is 16.7. The van der Waals surface area contributed by atoms with Crippen molar-refractivity contribution in [2.24, 2.45) is 11.3 Å². The first-order valence-electron chi connectivity index (χ1n) is 8.24. The molecule has 0 aliphatic carbocycles. The van der Waals surface area contributed by atoms with Crippen LogP contribution in [0.4, 0.5) is 5.13 Å². The van der Waals surface area contributed by atoms with Crippen LogP contribution in [0.15, 0.2) is 4.34 Å². The average molecular weight is 377 g/mol. The van der Waals surface area contributed by atoms with Crippen LogP contribution in [0.25, 0.3) is 0 Å². The van der Waals surface area contributed by atoms with E-state index in [-0.39, 0.29) is 15.4 Å². The monoisotopic (exact) mass is 376 g/mol. The lowest BCUT2D eigenvalue weighted by molar-refractivity contribution is -0.123. The molecule has 0 saturated heterocycles. The lowest BCUT2D eigenvalue weighted by Crippen LogP contribution is -2.29. The second kappa shape index (κ2) is 8.87. The molecule has 0 aromatic carbocycles. The van der Waals surface area contributed by atoms with Gasteiger partial charge >= 0.3 is 0 Å². The molecular formula is C15H28N4O3S2. The first-order chi connectivity index (χ1) is 11.1. The van der Waals surface area contributed by atoms with Crippen LogP contribution >= 0.6 is 11.3 Å². The molecule has 24 heavy (non-hydrogen) atoms. The zero-order valence-electron chi connectivity index (χ0n) is 15.0. The molecule has 1 heterocycles. The molecule has 0 saturated carbocycles. The van der Waals surface area contributed by atoms with Crippen LogP contribution in [-0.2, 0) is 14.8 Å². The molecule has 1 amide bonds. The van der Waals surface area contributed by atoms with Crippen LogP contribution in [0.1, 0.15) is 60.3 Å². The number of carbonyl (C=O) groups excluding carboxylic acids is 1. The van der Waals surface area contributed by atoms with Gasteiger partial charge in [-0.25, -0.2) is 13.1 Å². The van der Waals surface area contributed by atoms with Crippen molar-refractivity contribution in [1.82, 2.24) is 14.9 Å². The third-order valence-corrected chi connectivity index (χ3v) is 6.27. The summed E-state index contributed by atoms with van der Waals surface area (Å²) in [5.41, 5.74) is -0.587. The van der Waals surface area contributed by atoms with E-state index < -0.39 is 15.4 Å². The highest BCUT2D eigenvalue weighted by molar-refractivity contribution is 7.91. The van der Waals surface area contributed by atoms with Crippen molar-refractivity contribution in [3.05, 3.63) is 0 Å². The fourth-order valence-electron chi connectivity index (χ4n) is 1.89. The summed E-state index contributed by atoms with van der Waals surface area (Å²) in [5.74, 6) is 0.0777. The molecule has 7 nitrogen and oxygen atoms in total. The van der Waals surface area contributed by atoms with E-state index in [1.54, 1.807) is 20.8 Å². The van der Waals surface area contributed by atoms with Crippen molar-refractivity contribution in [3.63, 3.8) is 0 Å². The first-order valence-corrected chi connectivity index (χ1v) is 10.5. The van der Waals surface area contributed by atoms with Crippen molar-refractivity contribution in [2.45, 2.75) is 64.6 Å². The minimum Gasteiger partial charge on any atom is -0.300 e. The maximum atomic E-state index is 12.3. The van der Waals surface area contributed by atoms with E-state index in [4.69, 9.17) is 0 Å². The Kier molecular flexibility index (Phi) is 7.75. The maximum Gasteiger partial charge on any atom is 0.269 e. The van der Waals surface area contributed by atoms with Crippen LogP contribution in [0.2, 0.25) is 0 Å². The van der Waals surface area contributed by atoms with Gasteiger partial charge in [-0.1, -0.05) is 65.2 Å². The van der Waals surface area contributed by atoms with Crippen molar-refractivity contribution in [1.29, 1.82) is 0 Å². The Morgan fingerprint density at radius 2 is 1.92 bits per heavy atom. The number of nitrogens with one attached hydrogen (secondary N) is 2. The fraction of sp³-hybridized carbons (Fsp3) is 0.800. The number of carbonyl (C=O) groups is 1. The van der Waals surface area contributed by atoms with E-state index in [0.717, 1.165) is 37.0 Å². The van der Waals surface area contributed by atoms with Crippen LogP contribution in [0.3, 0.4) is 0 Å². The SMILES string of the molecule is CCCCC(CC)CNS(=O)(=O)c1nnc(NC(=O)C(C)(C)C)s1. The number of nitrogens with zero attached hydrogens (tertiary/aromatic N) is 2. The van der Waals surface area contributed by atoms with E-state index >= 15 is 0 Å². The van der Waals surface area contributed by atoms with Gasteiger partial charge in [0.1, 0.15) is 0 Å². The Balaban J connectivity index is 2.70. The molecule has 0 aliphatic heterocycles. The molecular weight excluding hydrogens is 348 g/mol. The summed E-state index contributed by atoms with van der Waals surface area (Å²) in [6.07, 6.45) is 4.10. The molecule has 0 fully saturated rings. The average Bonchev–Trinajstić information content (AvgIpc) is 2.96. The zero-order chi connectivity index (χ0) is 18.4. The summed E-state index contributed by atoms with van der Waals surface area (Å²) in [6, 6.07) is 0. The van der Waals surface area contributed by atoms with Gasteiger partial charge in [0.2, 0.25) is 15.4 Å². The van der Waals surface area contributed by atoms with Gasteiger partial charge < -0.3 is 5.32 Å². The summed E-state index contributed by atoms with van der Waals surface area (Å²) < 4.78 is 27.1. The summed E-state index contributed by atoms with van der Waals surface area (Å²) >= 11 is 0.857. The number of unbranched alkanes of at least 4 members (excludes halogenated alkanes) is 1. The molecule has 0 aliphatic rings. The van der Waals surface area contributed by atoms with E-state index in [9.17, 15) is 13.2 Å². The molecule has 0 spiro atoms. The summed E-state index contributed by atoms with van der Waals surface area (Å²) in [7, 11) is -3.70. The number of hydrogen-bond donors (Lipinski definition) is 2. The molecule has 1 aromatic rings. The van der Waals surface area contributed by atoms with Crippen LogP contribution in [0.5, 0.6) is 0 Å². The minimum atomic E-state index is -3.70. The van der Waals surface area contributed by atoms with Gasteiger partial charge in [0.15, 0.2) is 0 Å². The Labute approximate surface area is 148 Å². The van der Waals surface area contributed by atoms with Gasteiger partial charge in [0.25, 0.3) is 10.0 Å². The fourth-order valence-corrected chi connectivity index (χ4v) is 3.94. The number of hydrogen-bond acceptors (Lipinski definition) is 6. The first kappa shape index (κ1) is 21.0. The molecule has 9 heteroatoms. The number of rotatable bonds is 9. The molecule has 1 unspecified atom stereocenters. The molecule has 1 atom stereocenters. The van der Waals surface area contributed by atoms with Gasteiger partial charge in [-0.3, -0.25) is 4.79 Å². The lowest BCUT2D eigenvalue weighted by Gasteiger charge is -2.15. The van der Waals surface area contributed by atoms with Gasteiger partial charge in [0, 0.05) is 12.0 Å². The van der Waals surface area contributed by atoms with E-state index in [1.807, 2.05) is 0 Å². The Bertz CT molecular complexity index is 635. The molecule has 1 aromatic heterocycles. The summed E-state index contributed by atoms with van der Waals surface area (Å²) in [4.78, 5) is 11.9. The second-order valence-electron chi connectivity index (χ2n) is 6.85. The number of amides is 1. The standard InChI is InChI=1S/C15H28N4O3S2/c1-6-8-9-11(7-2)10-16-24(21,22)14-19-18-13(23-14)17-12(20)15(3,4)5/h11,16H,6-10H2,1-5H3,(H,17,18,20). The predicted octanol–water partition coefficient (Wildman–Crippen LogP) is 3.02. The topological polar surface area (TPSA) is 101 Å². The largest absolute Gasteiger partial charge is 0.300 e. The van der Waals surface area contributed by atoms with Crippen molar-refractivity contribution in [3.8, 4) is 0 Å². The quantitative estimate of drug-likeness (QED) is 0.645. The van der Waals surface area contributed by atoms with Gasteiger partial charge in [-0.05, 0) is 12.3 Å². The van der Waals surface area contributed by atoms with Crippen LogP contribution < -0.4 is 10.0 Å². The van der Waals surface area contributed by atoms with Crippen molar-refractivity contribution < 1.29 is 13.2 Å². The lowest BCUT2D eigenvalue weighted by atomic mass is 9.96. The molecule has 1 rings (SSSR count). The maximum absolute atomic E-state index is 12.3. The predicted molar refractivity (Wildman–Crippen MR) is 96.5 cm³/mol. The van der Waals surface area contributed by atoms with E-state index in [1.165, 1.54) is 0 Å². The number of anilines is 1. The summed E-state index contributed by atoms with van der Waals surface area (Å²) in [6.45, 7) is 9.87. The molecule has 0 radical (unpaired) electrons. The second-order valence-corrected chi connectivity index (χ2v) is 9.76. The number of aromatic nitrogens is 2. The van der Waals surface area contributed by atoms with Gasteiger partial charge in [-0.15, -0.1) is 10.2 Å². The third-order valence-electron chi connectivity index (χ3n) is 3.64. The highest BCUT2D eigenvalue weighted by Crippen LogP contribution is 2.23. The smallest absolute Gasteiger partial charge is 0.269 e. The number of sulfonamides is 1. The van der Waals surface area contributed by atoms with Gasteiger partial charge in [0.05, 0.1) is 0 Å². The molecule has 2 N–H and O–H groups in total. The molecule has 138 valence electrons. The molecule has 0 bridgehead atoms. The highest BCUT2D eigenvalue weighted by atomic mass is 32.2. The Morgan fingerprint density at radius 3 is 2.46 bits per heavy atom. The normalized spacial score (nSPS) is 13.7. The van der Waals surface area contributed by atoms with Crippen LogP contribution in [-0.4, -0.2) is 31.1 Å². The minimum absolute atomic E-state index is 0.128. The van der Waals surface area contributed by atoms with Crippen molar-refractivity contribution >= 4 is 32.4 Å². The van der Waals surface area contributed by atoms with E-state index in [2.05, 4.69) is 34.1 Å². The highest BCUT2D eigenvalue weighted by Gasteiger charge is 2.25. The van der Waals surface area contributed by atoms with Crippen molar-refractivity contribution in [2.75, 3.05) is 11.9 Å².